The summed E-state index contributed by atoms with van der Waals surface area (Å²) in [5.41, 5.74) is 6.99. The smallest absolute Gasteiger partial charge is 0.264 e. The van der Waals surface area contributed by atoms with Gasteiger partial charge in [0, 0.05) is 19.3 Å². The Morgan fingerprint density at radius 2 is 1.95 bits per heavy atom. The van der Waals surface area contributed by atoms with Crippen LogP contribution in [0.25, 0.3) is 0 Å². The van der Waals surface area contributed by atoms with E-state index in [2.05, 4.69) is 0 Å². The van der Waals surface area contributed by atoms with Crippen molar-refractivity contribution in [3.05, 3.63) is 59.9 Å². The van der Waals surface area contributed by atoms with E-state index in [-0.39, 0.29) is 18.3 Å². The van der Waals surface area contributed by atoms with Gasteiger partial charge in [-0.25, -0.2) is 4.39 Å². The van der Waals surface area contributed by atoms with Crippen LogP contribution >= 0.6 is 0 Å². The van der Waals surface area contributed by atoms with Crippen molar-refractivity contribution in [2.75, 3.05) is 18.6 Å². The van der Waals surface area contributed by atoms with Gasteiger partial charge in [-0.05, 0) is 35.9 Å². The largest absolute Gasteiger partial charge is 0.484 e. The maximum Gasteiger partial charge on any atom is 0.264 e. The highest BCUT2D eigenvalue weighted by atomic mass is 19.1. The first-order valence-electron chi connectivity index (χ1n) is 6.54. The molecule has 0 bridgehead atoms. The number of hydrogen-bond donors (Lipinski definition) is 1. The zero-order valence-electron chi connectivity index (χ0n) is 11.8. The van der Waals surface area contributed by atoms with Crippen LogP contribution < -0.4 is 15.4 Å². The summed E-state index contributed by atoms with van der Waals surface area (Å²) >= 11 is 0. The van der Waals surface area contributed by atoms with E-state index in [1.165, 1.54) is 17.0 Å². The molecular formula is C16H17FN2O2. The Labute approximate surface area is 122 Å². The van der Waals surface area contributed by atoms with E-state index in [4.69, 9.17) is 10.5 Å². The molecule has 110 valence electrons. The molecule has 2 N–H and O–H groups in total. The van der Waals surface area contributed by atoms with Gasteiger partial charge in [-0.1, -0.05) is 18.2 Å². The summed E-state index contributed by atoms with van der Waals surface area (Å²) < 4.78 is 18.5. The first kappa shape index (κ1) is 15.0. The Morgan fingerprint density at radius 1 is 1.24 bits per heavy atom. The topological polar surface area (TPSA) is 55.6 Å². The molecule has 0 radical (unpaired) electrons. The Hall–Kier alpha value is -2.40. The van der Waals surface area contributed by atoms with Crippen LogP contribution in [0, 0.1) is 5.82 Å². The maximum absolute atomic E-state index is 13.1. The van der Waals surface area contributed by atoms with Gasteiger partial charge in [0.2, 0.25) is 0 Å². The Morgan fingerprint density at radius 3 is 2.57 bits per heavy atom. The van der Waals surface area contributed by atoms with Crippen molar-refractivity contribution >= 4 is 11.6 Å². The van der Waals surface area contributed by atoms with E-state index in [0.717, 1.165) is 5.56 Å². The van der Waals surface area contributed by atoms with Gasteiger partial charge in [0.15, 0.2) is 6.61 Å². The third-order valence-electron chi connectivity index (χ3n) is 3.09. The van der Waals surface area contributed by atoms with Crippen molar-refractivity contribution in [3.63, 3.8) is 0 Å². The first-order chi connectivity index (χ1) is 10.1. The van der Waals surface area contributed by atoms with Gasteiger partial charge in [-0.3, -0.25) is 4.79 Å². The molecule has 0 heterocycles. The minimum absolute atomic E-state index is 0.116. The number of likely N-dealkylation sites (N-methyl/N-ethyl adjacent to an activating group) is 1. The maximum atomic E-state index is 13.1. The van der Waals surface area contributed by atoms with Crippen molar-refractivity contribution in [3.8, 4) is 5.75 Å². The first-order valence-corrected chi connectivity index (χ1v) is 6.54. The van der Waals surface area contributed by atoms with Gasteiger partial charge in [0.25, 0.3) is 5.91 Å². The number of halogens is 1. The molecule has 0 fully saturated rings. The van der Waals surface area contributed by atoms with Crippen LogP contribution in [0.1, 0.15) is 5.56 Å². The molecule has 1 amide bonds. The number of anilines is 1. The second-order valence-electron chi connectivity index (χ2n) is 4.57. The van der Waals surface area contributed by atoms with E-state index in [1.54, 1.807) is 31.3 Å². The average molecular weight is 288 g/mol. The number of carbonyl (C=O) groups is 1. The highest BCUT2D eigenvalue weighted by Gasteiger charge is 2.12. The fourth-order valence-electron chi connectivity index (χ4n) is 1.79. The van der Waals surface area contributed by atoms with E-state index in [9.17, 15) is 9.18 Å². The molecule has 2 rings (SSSR count). The van der Waals surface area contributed by atoms with Gasteiger partial charge in [-0.15, -0.1) is 0 Å². The minimum atomic E-state index is -0.384. The fourth-order valence-corrected chi connectivity index (χ4v) is 1.79. The van der Waals surface area contributed by atoms with Crippen LogP contribution in [0.4, 0.5) is 10.1 Å². The van der Waals surface area contributed by atoms with Gasteiger partial charge >= 0.3 is 0 Å². The number of rotatable bonds is 5. The lowest BCUT2D eigenvalue weighted by atomic mass is 10.2. The molecule has 0 aliphatic rings. The Balaban J connectivity index is 1.94. The van der Waals surface area contributed by atoms with Gasteiger partial charge in [0.1, 0.15) is 11.6 Å². The molecule has 0 aromatic heterocycles. The summed E-state index contributed by atoms with van der Waals surface area (Å²) in [5.74, 6) is -0.0536. The number of nitrogens with two attached hydrogens (primary N) is 1. The number of nitrogens with zero attached hydrogens (tertiary/aromatic N) is 1. The van der Waals surface area contributed by atoms with Gasteiger partial charge in [-0.2, -0.15) is 0 Å². The molecule has 5 heteroatoms. The molecule has 0 saturated heterocycles. The quantitative estimate of drug-likeness (QED) is 0.918. The van der Waals surface area contributed by atoms with Crippen LogP contribution in [-0.4, -0.2) is 19.6 Å². The third-order valence-corrected chi connectivity index (χ3v) is 3.09. The molecule has 0 saturated carbocycles. The molecular weight excluding hydrogens is 271 g/mol. The van der Waals surface area contributed by atoms with Crippen molar-refractivity contribution in [2.24, 2.45) is 5.73 Å². The molecule has 0 aliphatic carbocycles. The summed E-state index contributed by atoms with van der Waals surface area (Å²) in [6, 6.07) is 13.1. The van der Waals surface area contributed by atoms with Gasteiger partial charge < -0.3 is 15.4 Å². The van der Waals surface area contributed by atoms with Crippen molar-refractivity contribution < 1.29 is 13.9 Å². The van der Waals surface area contributed by atoms with Crippen LogP contribution in [0.5, 0.6) is 5.75 Å². The van der Waals surface area contributed by atoms with E-state index >= 15 is 0 Å². The van der Waals surface area contributed by atoms with Crippen molar-refractivity contribution in [1.82, 2.24) is 0 Å². The predicted molar refractivity (Wildman–Crippen MR) is 79.6 cm³/mol. The third kappa shape index (κ3) is 4.03. The zero-order valence-corrected chi connectivity index (χ0v) is 11.8. The fraction of sp³-hybridized carbons (Fsp3) is 0.188. The van der Waals surface area contributed by atoms with E-state index in [0.29, 0.717) is 18.0 Å². The monoisotopic (exact) mass is 288 g/mol. The van der Waals surface area contributed by atoms with Crippen molar-refractivity contribution in [1.29, 1.82) is 0 Å². The number of carbonyl (C=O) groups excluding carboxylic acids is 1. The molecule has 0 spiro atoms. The standard InChI is InChI=1S/C16H17FN2O2/c1-19(14-4-2-3-13(17)9-14)16(20)11-21-15-7-5-12(10-18)6-8-15/h2-9H,10-11,18H2,1H3. The molecule has 0 aliphatic heterocycles. The zero-order chi connectivity index (χ0) is 15.2. The number of ether oxygens (including phenoxy) is 1. The molecule has 0 unspecified atom stereocenters. The molecule has 4 nitrogen and oxygen atoms in total. The SMILES string of the molecule is CN(C(=O)COc1ccc(CN)cc1)c1cccc(F)c1. The lowest BCUT2D eigenvalue weighted by molar-refractivity contribution is -0.120. The highest BCUT2D eigenvalue weighted by molar-refractivity contribution is 5.93. The van der Waals surface area contributed by atoms with Crippen LogP contribution in [-0.2, 0) is 11.3 Å². The Bertz CT molecular complexity index is 614. The van der Waals surface area contributed by atoms with Gasteiger partial charge in [0.05, 0.1) is 0 Å². The second-order valence-corrected chi connectivity index (χ2v) is 4.57. The second kappa shape index (κ2) is 6.85. The molecule has 0 atom stereocenters. The summed E-state index contributed by atoms with van der Waals surface area (Å²) in [5, 5.41) is 0. The summed E-state index contributed by atoms with van der Waals surface area (Å²) in [4.78, 5) is 13.4. The van der Waals surface area contributed by atoms with Crippen LogP contribution in [0.2, 0.25) is 0 Å². The highest BCUT2D eigenvalue weighted by Crippen LogP contribution is 2.15. The minimum Gasteiger partial charge on any atom is -0.484 e. The Kier molecular flexibility index (Phi) is 4.90. The molecule has 21 heavy (non-hydrogen) atoms. The predicted octanol–water partition coefficient (Wildman–Crippen LogP) is 2.33. The number of hydrogen-bond acceptors (Lipinski definition) is 3. The lowest BCUT2D eigenvalue weighted by Crippen LogP contribution is -2.31. The van der Waals surface area contributed by atoms with Crippen LogP contribution in [0.15, 0.2) is 48.5 Å². The number of benzene rings is 2. The summed E-state index contributed by atoms with van der Waals surface area (Å²) in [6.45, 7) is 0.344. The summed E-state index contributed by atoms with van der Waals surface area (Å²) in [7, 11) is 1.58. The van der Waals surface area contributed by atoms with E-state index < -0.39 is 0 Å². The molecule has 2 aromatic carbocycles. The van der Waals surface area contributed by atoms with Crippen LogP contribution in [0.3, 0.4) is 0 Å². The molecule has 2 aromatic rings. The van der Waals surface area contributed by atoms with E-state index in [1.807, 2.05) is 12.1 Å². The normalized spacial score (nSPS) is 10.2. The summed E-state index contributed by atoms with van der Waals surface area (Å²) in [6.07, 6.45) is 0. The average Bonchev–Trinajstić information content (AvgIpc) is 2.52. The lowest BCUT2D eigenvalue weighted by Gasteiger charge is -2.17. The number of amides is 1. The van der Waals surface area contributed by atoms with Crippen molar-refractivity contribution in [2.45, 2.75) is 6.54 Å².